The zero-order valence-electron chi connectivity index (χ0n) is 29.9. The summed E-state index contributed by atoms with van der Waals surface area (Å²) in [4.78, 5) is 0. The van der Waals surface area contributed by atoms with Crippen molar-refractivity contribution < 1.29 is 8.83 Å². The third-order valence-corrected chi connectivity index (χ3v) is 10.8. The smallest absolute Gasteiger partial charge is 0.135 e. The van der Waals surface area contributed by atoms with Crippen LogP contribution in [0.4, 0.5) is 0 Å². The van der Waals surface area contributed by atoms with E-state index in [0.717, 1.165) is 66.7 Å². The molecule has 4 heteroatoms. The molecule has 0 aliphatic rings. The van der Waals surface area contributed by atoms with E-state index in [2.05, 4.69) is 176 Å². The lowest BCUT2D eigenvalue weighted by atomic mass is 9.99. The molecule has 0 fully saturated rings. The summed E-state index contributed by atoms with van der Waals surface area (Å²) in [5.41, 5.74) is 14.1. The lowest BCUT2D eigenvalue weighted by Crippen LogP contribution is -1.96. The van der Waals surface area contributed by atoms with Gasteiger partial charge in [0.05, 0.1) is 16.6 Å². The SMILES string of the molecule is C=C/C=C\c1c(C)n(/C(C)=C/c2c(C)oc3ccc(-c4ccc5oc6ccc(-n7c8ccccc8c8ccccc87)cc6c5c4)cc23)c2ccccc12. The third kappa shape index (κ3) is 4.76. The number of nitrogens with zero attached hydrogens (tertiary/aromatic N) is 2. The number of aryl methyl sites for hydroxylation is 1. The molecular formula is C49H36N2O2. The van der Waals surface area contributed by atoms with E-state index in [1.165, 1.54) is 44.0 Å². The van der Waals surface area contributed by atoms with Crippen molar-refractivity contribution in [3.05, 3.63) is 169 Å². The average Bonchev–Trinajstić information content (AvgIpc) is 3.90. The Morgan fingerprint density at radius 1 is 0.566 bits per heavy atom. The summed E-state index contributed by atoms with van der Waals surface area (Å²) in [6.45, 7) is 10.3. The van der Waals surface area contributed by atoms with Crippen molar-refractivity contribution in [3.8, 4) is 16.8 Å². The Labute approximate surface area is 306 Å². The number of hydrogen-bond acceptors (Lipinski definition) is 2. The van der Waals surface area contributed by atoms with Crippen molar-refractivity contribution in [2.45, 2.75) is 20.8 Å². The van der Waals surface area contributed by atoms with Crippen molar-refractivity contribution in [2.24, 2.45) is 0 Å². The highest BCUT2D eigenvalue weighted by Crippen LogP contribution is 2.39. The number of para-hydroxylation sites is 3. The molecule has 4 nitrogen and oxygen atoms in total. The Morgan fingerprint density at radius 3 is 1.81 bits per heavy atom. The highest BCUT2D eigenvalue weighted by atomic mass is 16.3. The molecule has 0 N–H and O–H groups in total. The fraction of sp³-hybridized carbons (Fsp3) is 0.0612. The molecule has 53 heavy (non-hydrogen) atoms. The second kappa shape index (κ2) is 11.9. The van der Waals surface area contributed by atoms with Gasteiger partial charge in [0.25, 0.3) is 0 Å². The molecule has 0 saturated carbocycles. The molecule has 0 atom stereocenters. The maximum atomic E-state index is 6.39. The Morgan fingerprint density at radius 2 is 1.13 bits per heavy atom. The average molecular weight is 685 g/mol. The van der Waals surface area contributed by atoms with Gasteiger partial charge in [-0.3, -0.25) is 0 Å². The lowest BCUT2D eigenvalue weighted by Gasteiger charge is -2.09. The predicted molar refractivity (Wildman–Crippen MR) is 224 cm³/mol. The first-order chi connectivity index (χ1) is 26.0. The van der Waals surface area contributed by atoms with Crippen molar-refractivity contribution in [3.63, 3.8) is 0 Å². The second-order valence-corrected chi connectivity index (χ2v) is 13.9. The highest BCUT2D eigenvalue weighted by Gasteiger charge is 2.18. The Bertz CT molecular complexity index is 3120. The van der Waals surface area contributed by atoms with Crippen LogP contribution in [-0.2, 0) is 0 Å². The van der Waals surface area contributed by atoms with Crippen molar-refractivity contribution in [1.29, 1.82) is 0 Å². The van der Waals surface area contributed by atoms with E-state index in [0.29, 0.717) is 0 Å². The monoisotopic (exact) mass is 684 g/mol. The molecule has 0 amide bonds. The molecule has 0 aliphatic carbocycles. The van der Waals surface area contributed by atoms with Gasteiger partial charge in [-0.05, 0) is 98.6 Å². The van der Waals surface area contributed by atoms with Crippen LogP contribution in [0, 0.1) is 13.8 Å². The molecule has 254 valence electrons. The molecule has 0 saturated heterocycles. The maximum Gasteiger partial charge on any atom is 0.135 e. The van der Waals surface area contributed by atoms with Gasteiger partial charge in [0.1, 0.15) is 22.5 Å². The summed E-state index contributed by atoms with van der Waals surface area (Å²) in [5, 5.41) is 6.99. The Hall–Kier alpha value is -6.78. The molecule has 0 bridgehead atoms. The molecule has 0 radical (unpaired) electrons. The minimum atomic E-state index is 0.874. The highest BCUT2D eigenvalue weighted by molar-refractivity contribution is 6.11. The van der Waals surface area contributed by atoms with E-state index in [9.17, 15) is 0 Å². The Kier molecular flexibility index (Phi) is 6.96. The first kappa shape index (κ1) is 31.0. The maximum absolute atomic E-state index is 6.39. The van der Waals surface area contributed by atoms with Crippen LogP contribution in [0.25, 0.3) is 100 Å². The van der Waals surface area contributed by atoms with Crippen molar-refractivity contribution >= 4 is 83.5 Å². The number of rotatable bonds is 6. The van der Waals surface area contributed by atoms with E-state index < -0.39 is 0 Å². The normalized spacial score (nSPS) is 12.5. The van der Waals surface area contributed by atoms with Gasteiger partial charge < -0.3 is 18.0 Å². The Balaban J connectivity index is 1.09. The standard InChI is InChI=1S/C49H36N2O2/c1-5-6-13-36-31(3)50(44-17-10-7-14-37(36)44)30(2)26-40-32(4)52-47-23-20-33(27-41(40)47)34-21-24-48-42(28-34)43-29-35(22-25-49(43)53-48)51-45-18-11-8-15-38(45)39-16-9-12-19-46(39)51/h5-29H,1H2,2-4H3/b13-6-,30-26+. The molecular weight excluding hydrogens is 649 g/mol. The minimum Gasteiger partial charge on any atom is -0.461 e. The molecule has 0 spiro atoms. The van der Waals surface area contributed by atoms with E-state index in [1.807, 2.05) is 12.2 Å². The molecule has 0 unspecified atom stereocenters. The number of furan rings is 2. The summed E-state index contributed by atoms with van der Waals surface area (Å²) in [5.74, 6) is 0.895. The minimum absolute atomic E-state index is 0.874. The number of fused-ring (bicyclic) bond motifs is 8. The molecule has 10 rings (SSSR count). The zero-order chi connectivity index (χ0) is 35.8. The second-order valence-electron chi connectivity index (χ2n) is 13.9. The van der Waals surface area contributed by atoms with Gasteiger partial charge in [0.2, 0.25) is 0 Å². The van der Waals surface area contributed by atoms with Gasteiger partial charge >= 0.3 is 0 Å². The third-order valence-electron chi connectivity index (χ3n) is 10.8. The molecule has 4 aromatic heterocycles. The van der Waals surface area contributed by atoms with Gasteiger partial charge in [-0.2, -0.15) is 0 Å². The first-order valence-electron chi connectivity index (χ1n) is 18.0. The van der Waals surface area contributed by atoms with Crippen molar-refractivity contribution in [2.75, 3.05) is 0 Å². The van der Waals surface area contributed by atoms with Crippen LogP contribution in [0.2, 0.25) is 0 Å². The number of aromatic nitrogens is 2. The summed E-state index contributed by atoms with van der Waals surface area (Å²) >= 11 is 0. The summed E-state index contributed by atoms with van der Waals surface area (Å²) < 4.78 is 17.4. The van der Waals surface area contributed by atoms with E-state index in [-0.39, 0.29) is 0 Å². The predicted octanol–water partition coefficient (Wildman–Crippen LogP) is 13.9. The van der Waals surface area contributed by atoms with Crippen LogP contribution in [0.1, 0.15) is 29.5 Å². The van der Waals surface area contributed by atoms with E-state index >= 15 is 0 Å². The first-order valence-corrected chi connectivity index (χ1v) is 18.0. The van der Waals surface area contributed by atoms with Crippen LogP contribution >= 0.6 is 0 Å². The van der Waals surface area contributed by atoms with Crippen LogP contribution in [0.3, 0.4) is 0 Å². The number of benzene rings is 6. The van der Waals surface area contributed by atoms with Gasteiger partial charge in [-0.25, -0.2) is 0 Å². The topological polar surface area (TPSA) is 36.1 Å². The summed E-state index contributed by atoms with van der Waals surface area (Å²) in [6.07, 6.45) is 8.23. The fourth-order valence-corrected chi connectivity index (χ4v) is 8.38. The van der Waals surface area contributed by atoms with Crippen molar-refractivity contribution in [1.82, 2.24) is 9.13 Å². The number of hydrogen-bond donors (Lipinski definition) is 0. The van der Waals surface area contributed by atoms with Gasteiger partial charge in [-0.1, -0.05) is 91.5 Å². The van der Waals surface area contributed by atoms with Crippen LogP contribution in [0.5, 0.6) is 0 Å². The number of allylic oxidation sites excluding steroid dienone is 3. The van der Waals surface area contributed by atoms with Gasteiger partial charge in [0.15, 0.2) is 0 Å². The van der Waals surface area contributed by atoms with E-state index in [4.69, 9.17) is 8.83 Å². The van der Waals surface area contributed by atoms with Crippen LogP contribution in [0.15, 0.2) is 155 Å². The molecule has 4 heterocycles. The van der Waals surface area contributed by atoms with Crippen LogP contribution in [-0.4, -0.2) is 9.13 Å². The molecule has 6 aromatic carbocycles. The zero-order valence-corrected chi connectivity index (χ0v) is 29.9. The lowest BCUT2D eigenvalue weighted by molar-refractivity contribution is 0.577. The van der Waals surface area contributed by atoms with Gasteiger partial charge in [0, 0.05) is 60.5 Å². The summed E-state index contributed by atoms with van der Waals surface area (Å²) in [6, 6.07) is 45.4. The van der Waals surface area contributed by atoms with Gasteiger partial charge in [-0.15, -0.1) is 0 Å². The summed E-state index contributed by atoms with van der Waals surface area (Å²) in [7, 11) is 0. The largest absolute Gasteiger partial charge is 0.461 e. The van der Waals surface area contributed by atoms with Crippen LogP contribution < -0.4 is 0 Å². The van der Waals surface area contributed by atoms with E-state index in [1.54, 1.807) is 0 Å². The fourth-order valence-electron chi connectivity index (χ4n) is 8.38. The quantitative estimate of drug-likeness (QED) is 0.163. The molecule has 10 aromatic rings. The molecule has 0 aliphatic heterocycles.